The lowest BCUT2D eigenvalue weighted by Gasteiger charge is -1.23. The second kappa shape index (κ2) is 64.7. The molecule has 0 heterocycles. The van der Waals surface area contributed by atoms with Crippen molar-refractivity contribution >= 4 is 8.41 Å². The largest absolute Gasteiger partial charge is 0.120 e. The molecule has 0 aliphatic carbocycles. The second-order valence-corrected chi connectivity index (χ2v) is 0.577. The van der Waals surface area contributed by atoms with Crippen LogP contribution in [0.1, 0.15) is 13.8 Å². The number of rotatable bonds is 0. The molecule has 0 amide bonds. The van der Waals surface area contributed by atoms with E-state index in [1.807, 2.05) is 0 Å². The van der Waals surface area contributed by atoms with Crippen LogP contribution in [0.15, 0.2) is 0 Å². The van der Waals surface area contributed by atoms with Gasteiger partial charge in [-0.2, -0.15) is 0 Å². The molecule has 1 heteroatoms. The van der Waals surface area contributed by atoms with Crippen molar-refractivity contribution in [1.82, 2.24) is 0 Å². The lowest BCUT2D eigenvalue weighted by Crippen LogP contribution is -1.10. The lowest BCUT2D eigenvalue weighted by molar-refractivity contribution is 1.94. The van der Waals surface area contributed by atoms with Gasteiger partial charge >= 0.3 is 0 Å². The maximum absolute atomic E-state index is 4.60. The van der Waals surface area contributed by atoms with Gasteiger partial charge < -0.3 is 0 Å². The number of hydrogen-bond donors (Lipinski definition) is 0. The first kappa shape index (κ1) is 16.4. The van der Waals surface area contributed by atoms with E-state index in [1.165, 1.54) is 0 Å². The molecule has 0 aromatic heterocycles. The molecule has 35 valence electrons. The van der Waals surface area contributed by atoms with Gasteiger partial charge in [0.15, 0.2) is 0 Å². The molecule has 0 fully saturated rings. The van der Waals surface area contributed by atoms with E-state index in [1.54, 1.807) is 13.8 Å². The summed E-state index contributed by atoms with van der Waals surface area (Å²) in [7, 11) is 0. The van der Waals surface area contributed by atoms with E-state index in [4.69, 9.17) is 0 Å². The molecule has 0 N–H and O–H groups in total. The Hall–Kier alpha value is -0.815. The van der Waals surface area contributed by atoms with Crippen LogP contribution in [-0.2, 0) is 0 Å². The Morgan fingerprint density at radius 2 is 1.00 bits per heavy atom. The van der Waals surface area contributed by atoms with E-state index in [0.29, 0.717) is 0 Å². The van der Waals surface area contributed by atoms with Crippen LogP contribution in [0.4, 0.5) is 0 Å². The van der Waals surface area contributed by atoms with Crippen LogP contribution in [-0.4, -0.2) is 8.41 Å². The van der Waals surface area contributed by atoms with Gasteiger partial charge in [-0.3, -0.25) is 0 Å². The summed E-state index contributed by atoms with van der Waals surface area (Å²) in [6.07, 6.45) is 9.19. The van der Waals surface area contributed by atoms with E-state index < -0.39 is 0 Å². The third-order valence-electron chi connectivity index (χ3n) is 0. The highest BCUT2D eigenvalue weighted by atomic mass is 13.2. The summed E-state index contributed by atoms with van der Waals surface area (Å²) in [6, 6.07) is 0. The van der Waals surface area contributed by atoms with E-state index >= 15 is 0 Å². The SMILES string of the molecule is C#CC.C#CC.[B]. The van der Waals surface area contributed by atoms with Gasteiger partial charge in [0.05, 0.1) is 0 Å². The van der Waals surface area contributed by atoms with E-state index in [0.717, 1.165) is 0 Å². The Kier molecular flexibility index (Phi) is 151. The predicted octanol–water partition coefficient (Wildman–Crippen LogP) is 0.898. The Morgan fingerprint density at radius 3 is 1.00 bits per heavy atom. The summed E-state index contributed by atoms with van der Waals surface area (Å²) in [4.78, 5) is 0. The van der Waals surface area contributed by atoms with Crippen molar-refractivity contribution in [3.8, 4) is 24.7 Å². The van der Waals surface area contributed by atoms with Crippen molar-refractivity contribution in [1.29, 1.82) is 0 Å². The van der Waals surface area contributed by atoms with Crippen molar-refractivity contribution in [2.24, 2.45) is 0 Å². The van der Waals surface area contributed by atoms with Crippen LogP contribution >= 0.6 is 0 Å². The zero-order valence-electron chi connectivity index (χ0n) is 4.73. The highest BCUT2D eigenvalue weighted by Gasteiger charge is 1.09. The maximum Gasteiger partial charge on any atom is 0 e. The van der Waals surface area contributed by atoms with Gasteiger partial charge in [0.25, 0.3) is 0 Å². The fourth-order valence-corrected chi connectivity index (χ4v) is 0. The molecule has 0 bridgehead atoms. The van der Waals surface area contributed by atoms with E-state index in [2.05, 4.69) is 24.7 Å². The topological polar surface area (TPSA) is 0 Å². The highest BCUT2D eigenvalue weighted by Crippen LogP contribution is 1.22. The minimum absolute atomic E-state index is 0. The first-order chi connectivity index (χ1) is 2.83. The second-order valence-electron chi connectivity index (χ2n) is 0.577. The smallest absolute Gasteiger partial charge is 0 e. The molecule has 0 rings (SSSR count). The average Bonchev–Trinajstić information content (AvgIpc) is 1.39. The molecule has 0 unspecified atom stereocenters. The fourth-order valence-electron chi connectivity index (χ4n) is 0. The van der Waals surface area contributed by atoms with Gasteiger partial charge in [0.2, 0.25) is 0 Å². The molecular weight excluding hydrogens is 82.9 g/mol. The van der Waals surface area contributed by atoms with Crippen LogP contribution in [0.5, 0.6) is 0 Å². The highest BCUT2D eigenvalue weighted by molar-refractivity contribution is 5.75. The van der Waals surface area contributed by atoms with Gasteiger partial charge in [0.1, 0.15) is 0 Å². The molecule has 0 aliphatic rings. The van der Waals surface area contributed by atoms with Gasteiger partial charge in [-0.15, -0.1) is 24.7 Å². The number of hydrogen-bond acceptors (Lipinski definition) is 0. The Balaban J connectivity index is -0.0000000400. The first-order valence-electron chi connectivity index (χ1n) is 1.58. The van der Waals surface area contributed by atoms with Crippen LogP contribution < -0.4 is 0 Å². The summed E-state index contributed by atoms with van der Waals surface area (Å²) in [5.41, 5.74) is 0. The third-order valence-corrected chi connectivity index (χ3v) is 0. The van der Waals surface area contributed by atoms with E-state index in [9.17, 15) is 0 Å². The zero-order chi connectivity index (χ0) is 5.41. The van der Waals surface area contributed by atoms with Gasteiger partial charge in [0, 0.05) is 8.41 Å². The Morgan fingerprint density at radius 1 is 1.00 bits per heavy atom. The minimum Gasteiger partial charge on any atom is -0.120 e. The average molecular weight is 90.9 g/mol. The third kappa shape index (κ3) is 79.2. The Bertz CT molecular complexity index is 59.2. The predicted molar refractivity (Wildman–Crippen MR) is 34.8 cm³/mol. The molecule has 0 saturated carbocycles. The van der Waals surface area contributed by atoms with Gasteiger partial charge in [-0.25, -0.2) is 0 Å². The molecule has 3 radical (unpaired) electrons. The number of terminal acetylenes is 2. The standard InChI is InChI=1S/2C3H4.B/c2*1-3-2;/h2*1H,2H3;. The summed E-state index contributed by atoms with van der Waals surface area (Å²) >= 11 is 0. The van der Waals surface area contributed by atoms with Crippen LogP contribution in [0.25, 0.3) is 0 Å². The summed E-state index contributed by atoms with van der Waals surface area (Å²) in [5.74, 6) is 4.50. The van der Waals surface area contributed by atoms with Crippen molar-refractivity contribution < 1.29 is 0 Å². The molecule has 0 nitrogen and oxygen atoms in total. The molecule has 0 aromatic rings. The quantitative estimate of drug-likeness (QED) is 0.307. The van der Waals surface area contributed by atoms with Gasteiger partial charge in [-0.05, 0) is 13.8 Å². The van der Waals surface area contributed by atoms with Crippen LogP contribution in [0, 0.1) is 24.7 Å². The summed E-state index contributed by atoms with van der Waals surface area (Å²) < 4.78 is 0. The zero-order valence-corrected chi connectivity index (χ0v) is 4.73. The normalized spacial score (nSPS) is 2.29. The van der Waals surface area contributed by atoms with Crippen LogP contribution in [0.3, 0.4) is 0 Å². The molecule has 0 saturated heterocycles. The monoisotopic (exact) mass is 91.1 g/mol. The van der Waals surface area contributed by atoms with Crippen LogP contribution in [0.2, 0.25) is 0 Å². The summed E-state index contributed by atoms with van der Waals surface area (Å²) in [6.45, 7) is 3.31. The molecule has 0 spiro atoms. The van der Waals surface area contributed by atoms with Crippen molar-refractivity contribution in [2.75, 3.05) is 0 Å². The lowest BCUT2D eigenvalue weighted by atomic mass is 10.8. The molecule has 7 heavy (non-hydrogen) atoms. The molecular formula is C6H8B. The van der Waals surface area contributed by atoms with Crippen molar-refractivity contribution in [3.63, 3.8) is 0 Å². The van der Waals surface area contributed by atoms with E-state index in [-0.39, 0.29) is 8.41 Å². The first-order valence-corrected chi connectivity index (χ1v) is 1.58. The maximum atomic E-state index is 4.60. The van der Waals surface area contributed by atoms with Crippen molar-refractivity contribution in [2.45, 2.75) is 13.8 Å². The molecule has 0 atom stereocenters. The molecule has 0 aromatic carbocycles. The van der Waals surface area contributed by atoms with Crippen molar-refractivity contribution in [3.05, 3.63) is 0 Å². The molecule has 0 aliphatic heterocycles. The summed E-state index contributed by atoms with van der Waals surface area (Å²) in [5, 5.41) is 0. The fraction of sp³-hybridized carbons (Fsp3) is 0.333. The van der Waals surface area contributed by atoms with Gasteiger partial charge in [-0.1, -0.05) is 0 Å². The Labute approximate surface area is 47.9 Å². The minimum atomic E-state index is 0.